The molecule has 0 saturated carbocycles. The highest BCUT2D eigenvalue weighted by Crippen LogP contribution is 2.36. The highest BCUT2D eigenvalue weighted by Gasteiger charge is 2.35. The van der Waals surface area contributed by atoms with Crippen LogP contribution in [0.5, 0.6) is 0 Å². The molecule has 2 aromatic heterocycles. The van der Waals surface area contributed by atoms with E-state index in [1.807, 2.05) is 24.5 Å². The number of unbranched alkanes of at least 4 members (excludes halogenated alkanes) is 1. The number of nitrogens with two attached hydrogens (primary N) is 1. The molecule has 5 nitrogen and oxygen atoms in total. The summed E-state index contributed by atoms with van der Waals surface area (Å²) in [7, 11) is 0. The van der Waals surface area contributed by atoms with Crippen molar-refractivity contribution >= 4 is 0 Å². The van der Waals surface area contributed by atoms with Gasteiger partial charge in [0.25, 0.3) is 0 Å². The van der Waals surface area contributed by atoms with Crippen LogP contribution in [0.25, 0.3) is 0 Å². The summed E-state index contributed by atoms with van der Waals surface area (Å²) in [6, 6.07) is 8.52. The van der Waals surface area contributed by atoms with Crippen molar-refractivity contribution < 1.29 is 4.74 Å². The second-order valence-corrected chi connectivity index (χ2v) is 6.71. The fourth-order valence-corrected chi connectivity index (χ4v) is 3.62. The Morgan fingerprint density at radius 2 is 1.56 bits per heavy atom. The van der Waals surface area contributed by atoms with E-state index in [9.17, 15) is 0 Å². The van der Waals surface area contributed by atoms with Gasteiger partial charge in [0, 0.05) is 12.4 Å². The molecule has 25 heavy (non-hydrogen) atoms. The Balaban J connectivity index is 1.94. The van der Waals surface area contributed by atoms with Crippen LogP contribution in [-0.2, 0) is 4.74 Å². The lowest BCUT2D eigenvalue weighted by atomic mass is 9.99. The fourth-order valence-electron chi connectivity index (χ4n) is 3.62. The van der Waals surface area contributed by atoms with Gasteiger partial charge < -0.3 is 10.5 Å². The summed E-state index contributed by atoms with van der Waals surface area (Å²) in [5.41, 5.74) is 10.3. The summed E-state index contributed by atoms with van der Waals surface area (Å²) in [4.78, 5) is 11.8. The van der Waals surface area contributed by atoms with Gasteiger partial charge in [-0.05, 0) is 63.0 Å². The minimum absolute atomic E-state index is 0.152. The van der Waals surface area contributed by atoms with Crippen molar-refractivity contribution in [1.82, 2.24) is 14.9 Å². The third kappa shape index (κ3) is 4.06. The summed E-state index contributed by atoms with van der Waals surface area (Å²) in [5, 5.41) is 0. The molecule has 1 aliphatic rings. The van der Waals surface area contributed by atoms with Gasteiger partial charge in [0.2, 0.25) is 0 Å². The van der Waals surface area contributed by atoms with Gasteiger partial charge in [0.15, 0.2) is 0 Å². The van der Waals surface area contributed by atoms with Crippen molar-refractivity contribution in [2.24, 2.45) is 5.73 Å². The number of pyridine rings is 2. The van der Waals surface area contributed by atoms with E-state index in [1.165, 1.54) is 11.1 Å². The van der Waals surface area contributed by atoms with Crippen LogP contribution in [0.1, 0.15) is 47.4 Å². The van der Waals surface area contributed by atoms with Gasteiger partial charge in [0.05, 0.1) is 36.7 Å². The Labute approximate surface area is 150 Å². The van der Waals surface area contributed by atoms with Gasteiger partial charge in [-0.25, -0.2) is 0 Å². The molecule has 5 heteroatoms. The zero-order valence-corrected chi connectivity index (χ0v) is 15.2. The van der Waals surface area contributed by atoms with Gasteiger partial charge in [0.1, 0.15) is 0 Å². The molecular formula is C20H28N4O. The van der Waals surface area contributed by atoms with E-state index in [0.29, 0.717) is 13.2 Å². The van der Waals surface area contributed by atoms with Crippen LogP contribution in [0.4, 0.5) is 0 Å². The maximum Gasteiger partial charge on any atom is 0.0766 e. The van der Waals surface area contributed by atoms with Crippen molar-refractivity contribution in [2.75, 3.05) is 26.3 Å². The molecule has 0 aliphatic carbocycles. The Kier molecular flexibility index (Phi) is 6.13. The smallest absolute Gasteiger partial charge is 0.0766 e. The first-order valence-electron chi connectivity index (χ1n) is 9.09. The van der Waals surface area contributed by atoms with Crippen molar-refractivity contribution in [3.63, 3.8) is 0 Å². The molecule has 2 N–H and O–H groups in total. The third-order valence-electron chi connectivity index (χ3n) is 4.95. The zero-order valence-electron chi connectivity index (χ0n) is 15.2. The number of nitrogens with zero attached hydrogens (tertiary/aromatic N) is 3. The standard InChI is InChI=1S/C20H28N4O/c1-15-7-5-10-22-19(15)17-13-25-14-18(24(17)12-4-3-9-21)20-16(2)8-6-11-23-20/h5-8,10-11,17-18H,3-4,9,12-14,21H2,1-2H3/t17-,18+. The summed E-state index contributed by atoms with van der Waals surface area (Å²) < 4.78 is 6.00. The number of ether oxygens (including phenoxy) is 1. The van der Waals surface area contributed by atoms with E-state index >= 15 is 0 Å². The molecule has 3 rings (SSSR count). The first kappa shape index (κ1) is 18.0. The van der Waals surface area contributed by atoms with E-state index < -0.39 is 0 Å². The quantitative estimate of drug-likeness (QED) is 0.819. The molecule has 0 radical (unpaired) electrons. The lowest BCUT2D eigenvalue weighted by Gasteiger charge is -2.42. The van der Waals surface area contributed by atoms with Crippen LogP contribution >= 0.6 is 0 Å². The summed E-state index contributed by atoms with van der Waals surface area (Å²) in [5.74, 6) is 0. The Bertz CT molecular complexity index is 637. The highest BCUT2D eigenvalue weighted by atomic mass is 16.5. The minimum atomic E-state index is 0.152. The second kappa shape index (κ2) is 8.52. The Morgan fingerprint density at radius 3 is 2.04 bits per heavy atom. The molecule has 1 aliphatic heterocycles. The first-order chi connectivity index (χ1) is 12.2. The summed E-state index contributed by atoms with van der Waals surface area (Å²) in [6.45, 7) is 7.28. The van der Waals surface area contributed by atoms with Crippen LogP contribution in [0, 0.1) is 13.8 Å². The summed E-state index contributed by atoms with van der Waals surface area (Å²) in [6.07, 6.45) is 5.84. The molecule has 0 unspecified atom stereocenters. The SMILES string of the molecule is Cc1cccnc1[C@H]1COC[C@@H](c2ncccc2C)N1CCCCN. The molecule has 0 aromatic carbocycles. The van der Waals surface area contributed by atoms with E-state index in [2.05, 4.69) is 40.8 Å². The molecule has 2 atom stereocenters. The van der Waals surface area contributed by atoms with Crippen molar-refractivity contribution in [3.05, 3.63) is 59.2 Å². The molecule has 0 bridgehead atoms. The maximum absolute atomic E-state index is 6.00. The fraction of sp³-hybridized carbons (Fsp3) is 0.500. The minimum Gasteiger partial charge on any atom is -0.377 e. The highest BCUT2D eigenvalue weighted by molar-refractivity contribution is 5.25. The molecule has 2 aromatic rings. The van der Waals surface area contributed by atoms with E-state index in [-0.39, 0.29) is 12.1 Å². The molecular weight excluding hydrogens is 312 g/mol. The van der Waals surface area contributed by atoms with Gasteiger partial charge in [-0.1, -0.05) is 12.1 Å². The number of aryl methyl sites for hydroxylation is 2. The average molecular weight is 340 g/mol. The van der Waals surface area contributed by atoms with E-state index in [4.69, 9.17) is 10.5 Å². The van der Waals surface area contributed by atoms with Gasteiger partial charge in [-0.2, -0.15) is 0 Å². The molecule has 1 saturated heterocycles. The number of morpholine rings is 1. The third-order valence-corrected chi connectivity index (χ3v) is 4.95. The van der Waals surface area contributed by atoms with E-state index in [1.54, 1.807) is 0 Å². The lowest BCUT2D eigenvalue weighted by Crippen LogP contribution is -2.44. The lowest BCUT2D eigenvalue weighted by molar-refractivity contribution is -0.0560. The predicted octanol–water partition coefficient (Wildman–Crippen LogP) is 2.95. The number of aromatic nitrogens is 2. The molecule has 0 amide bonds. The average Bonchev–Trinajstić information content (AvgIpc) is 2.63. The van der Waals surface area contributed by atoms with Crippen LogP contribution < -0.4 is 5.73 Å². The van der Waals surface area contributed by atoms with Gasteiger partial charge >= 0.3 is 0 Å². The molecule has 3 heterocycles. The van der Waals surface area contributed by atoms with Gasteiger partial charge in [-0.3, -0.25) is 14.9 Å². The van der Waals surface area contributed by atoms with Crippen molar-refractivity contribution in [2.45, 2.75) is 38.8 Å². The monoisotopic (exact) mass is 340 g/mol. The van der Waals surface area contributed by atoms with E-state index in [0.717, 1.165) is 37.3 Å². The van der Waals surface area contributed by atoms with Crippen LogP contribution in [0.3, 0.4) is 0 Å². The molecule has 134 valence electrons. The normalized spacial score (nSPS) is 21.4. The second-order valence-electron chi connectivity index (χ2n) is 6.71. The molecule has 1 fully saturated rings. The van der Waals surface area contributed by atoms with Crippen molar-refractivity contribution in [1.29, 1.82) is 0 Å². The van der Waals surface area contributed by atoms with Crippen LogP contribution in [0.15, 0.2) is 36.7 Å². The topological polar surface area (TPSA) is 64.3 Å². The number of rotatable bonds is 6. The first-order valence-corrected chi connectivity index (χ1v) is 9.09. The van der Waals surface area contributed by atoms with Crippen LogP contribution in [-0.4, -0.2) is 41.2 Å². The Hall–Kier alpha value is -1.82. The molecule has 0 spiro atoms. The number of hydrogen-bond donors (Lipinski definition) is 1. The van der Waals surface area contributed by atoms with Crippen molar-refractivity contribution in [3.8, 4) is 0 Å². The number of hydrogen-bond acceptors (Lipinski definition) is 5. The predicted molar refractivity (Wildman–Crippen MR) is 99.2 cm³/mol. The van der Waals surface area contributed by atoms with Crippen LogP contribution in [0.2, 0.25) is 0 Å². The van der Waals surface area contributed by atoms with Gasteiger partial charge in [-0.15, -0.1) is 0 Å². The largest absolute Gasteiger partial charge is 0.377 e. The zero-order chi connectivity index (χ0) is 17.6. The Morgan fingerprint density at radius 1 is 1.00 bits per heavy atom. The summed E-state index contributed by atoms with van der Waals surface area (Å²) >= 11 is 0. The maximum atomic E-state index is 6.00.